The van der Waals surface area contributed by atoms with Crippen LogP contribution in [0.2, 0.25) is 0 Å². The number of carbonyl (C=O) groups excluding carboxylic acids is 1. The molecule has 1 aromatic heterocycles. The van der Waals surface area contributed by atoms with Gasteiger partial charge in [0.05, 0.1) is 17.6 Å². The smallest absolute Gasteiger partial charge is 0.248 e. The Balaban J connectivity index is 0.00000192. The van der Waals surface area contributed by atoms with Crippen molar-refractivity contribution >= 4 is 41.1 Å². The molecular formula is C16H22ClN3O2S. The van der Waals surface area contributed by atoms with Gasteiger partial charge in [-0.1, -0.05) is 11.8 Å². The van der Waals surface area contributed by atoms with E-state index in [9.17, 15) is 4.79 Å². The highest BCUT2D eigenvalue weighted by atomic mass is 35.5. The Labute approximate surface area is 146 Å². The molecule has 1 fully saturated rings. The van der Waals surface area contributed by atoms with Crippen LogP contribution >= 0.6 is 24.2 Å². The number of fused-ring (bicyclic) bond motifs is 1. The lowest BCUT2D eigenvalue weighted by Crippen LogP contribution is -2.42. The number of benzene rings is 1. The quantitative estimate of drug-likeness (QED) is 0.791. The first kappa shape index (κ1) is 18.1. The maximum atomic E-state index is 11.7. The summed E-state index contributed by atoms with van der Waals surface area (Å²) in [5, 5.41) is 1.00. The van der Waals surface area contributed by atoms with Gasteiger partial charge in [0.15, 0.2) is 5.16 Å². The van der Waals surface area contributed by atoms with Crippen LogP contribution in [0.5, 0.6) is 0 Å². The van der Waals surface area contributed by atoms with Crippen molar-refractivity contribution in [3.8, 4) is 0 Å². The normalized spacial score (nSPS) is 15.1. The number of thioether (sulfide) groups is 1. The first-order valence-electron chi connectivity index (χ1n) is 7.48. The minimum Gasteiger partial charge on any atom is -0.370 e. The summed E-state index contributed by atoms with van der Waals surface area (Å²) < 4.78 is 7.28. The Morgan fingerprint density at radius 2 is 2.04 bits per heavy atom. The molecule has 23 heavy (non-hydrogen) atoms. The molecule has 5 nitrogen and oxygen atoms in total. The number of aromatic nitrogens is 2. The second kappa shape index (κ2) is 7.55. The van der Waals surface area contributed by atoms with Crippen LogP contribution in [0, 0.1) is 13.8 Å². The molecule has 0 radical (unpaired) electrons. The summed E-state index contributed by atoms with van der Waals surface area (Å²) in [6, 6.07) is 4.33. The van der Waals surface area contributed by atoms with E-state index in [-0.39, 0.29) is 24.9 Å². The van der Waals surface area contributed by atoms with Gasteiger partial charge < -0.3 is 14.2 Å². The zero-order valence-electron chi connectivity index (χ0n) is 13.7. The van der Waals surface area contributed by atoms with E-state index in [2.05, 4.69) is 30.5 Å². The lowest BCUT2D eigenvalue weighted by molar-refractivity contribution is -0.142. The molecule has 0 bridgehead atoms. The van der Waals surface area contributed by atoms with Gasteiger partial charge >= 0.3 is 0 Å². The molecular weight excluding hydrogens is 334 g/mol. The number of hydrogen-bond acceptors (Lipinski definition) is 4. The fraction of sp³-hybridized carbons (Fsp3) is 0.500. The maximum Gasteiger partial charge on any atom is 0.248 e. The summed E-state index contributed by atoms with van der Waals surface area (Å²) in [5.74, 6) is 0.934. The summed E-state index contributed by atoms with van der Waals surface area (Å²) in [4.78, 5) is 18.3. The number of amides is 1. The predicted octanol–water partition coefficient (Wildman–Crippen LogP) is 2.56. The number of halogens is 1. The van der Waals surface area contributed by atoms with Gasteiger partial charge in [-0.15, -0.1) is 12.4 Å². The predicted molar refractivity (Wildman–Crippen MR) is 95.6 cm³/mol. The van der Waals surface area contributed by atoms with E-state index in [0.717, 1.165) is 28.5 Å². The van der Waals surface area contributed by atoms with Crippen LogP contribution in [-0.2, 0) is 16.6 Å². The van der Waals surface area contributed by atoms with Gasteiger partial charge in [-0.25, -0.2) is 4.98 Å². The third-order valence-corrected chi connectivity index (χ3v) is 5.14. The van der Waals surface area contributed by atoms with E-state index in [1.165, 1.54) is 11.1 Å². The first-order chi connectivity index (χ1) is 10.6. The van der Waals surface area contributed by atoms with Gasteiger partial charge in [-0.2, -0.15) is 0 Å². The first-order valence-corrected chi connectivity index (χ1v) is 8.47. The van der Waals surface area contributed by atoms with Crippen LogP contribution in [0.3, 0.4) is 0 Å². The van der Waals surface area contributed by atoms with Crippen LogP contribution < -0.4 is 0 Å². The van der Waals surface area contributed by atoms with E-state index in [4.69, 9.17) is 9.72 Å². The zero-order chi connectivity index (χ0) is 15.7. The molecule has 7 heteroatoms. The summed E-state index contributed by atoms with van der Waals surface area (Å²) in [6.45, 7) is 6.53. The van der Waals surface area contributed by atoms with E-state index in [0.29, 0.717) is 13.2 Å². The lowest BCUT2D eigenvalue weighted by Gasteiger charge is -2.26. The van der Waals surface area contributed by atoms with Crippen molar-refractivity contribution < 1.29 is 9.53 Å². The number of nitrogens with zero attached hydrogens (tertiary/aromatic N) is 3. The fourth-order valence-corrected chi connectivity index (χ4v) is 3.54. The summed E-state index contributed by atoms with van der Waals surface area (Å²) in [7, 11) is 2.05. The van der Waals surface area contributed by atoms with Crippen molar-refractivity contribution in [1.29, 1.82) is 0 Å². The maximum absolute atomic E-state index is 11.7. The molecule has 126 valence electrons. The Bertz CT molecular complexity index is 717. The van der Waals surface area contributed by atoms with Gasteiger partial charge in [0, 0.05) is 25.9 Å². The van der Waals surface area contributed by atoms with E-state index in [1.54, 1.807) is 11.8 Å². The van der Waals surface area contributed by atoms with E-state index in [1.807, 2.05) is 11.9 Å². The second-order valence-electron chi connectivity index (χ2n) is 5.66. The third-order valence-electron chi connectivity index (χ3n) is 4.13. The average Bonchev–Trinajstić information content (AvgIpc) is 2.78. The molecule has 2 aromatic rings. The Morgan fingerprint density at radius 1 is 1.30 bits per heavy atom. The Hall–Kier alpha value is -1.24. The molecule has 1 aliphatic heterocycles. The summed E-state index contributed by atoms with van der Waals surface area (Å²) in [5.41, 5.74) is 4.75. The van der Waals surface area contributed by atoms with Crippen molar-refractivity contribution in [3.63, 3.8) is 0 Å². The number of ether oxygens (including phenoxy) is 1. The highest BCUT2D eigenvalue weighted by Gasteiger charge is 2.18. The molecule has 1 saturated heterocycles. The number of rotatable bonds is 4. The molecule has 3 rings (SSSR count). The van der Waals surface area contributed by atoms with E-state index >= 15 is 0 Å². The summed E-state index contributed by atoms with van der Waals surface area (Å²) in [6.07, 6.45) is 0. The molecule has 2 heterocycles. The van der Waals surface area contributed by atoms with Gasteiger partial charge in [0.2, 0.25) is 5.91 Å². The molecule has 0 atom stereocenters. The molecule has 0 N–H and O–H groups in total. The average molecular weight is 356 g/mol. The van der Waals surface area contributed by atoms with Crippen molar-refractivity contribution in [3.05, 3.63) is 23.3 Å². The van der Waals surface area contributed by atoms with E-state index < -0.39 is 0 Å². The molecule has 1 amide bonds. The molecule has 0 unspecified atom stereocenters. The van der Waals surface area contributed by atoms with Crippen LogP contribution in [0.1, 0.15) is 11.1 Å². The van der Waals surface area contributed by atoms with Crippen LogP contribution in [-0.4, -0.2) is 52.4 Å². The number of carbonyl (C=O) groups is 1. The highest BCUT2D eigenvalue weighted by Crippen LogP contribution is 2.25. The van der Waals surface area contributed by atoms with Crippen molar-refractivity contribution in [1.82, 2.24) is 14.5 Å². The fourth-order valence-electron chi connectivity index (χ4n) is 2.59. The summed E-state index contributed by atoms with van der Waals surface area (Å²) >= 11 is 1.70. The monoisotopic (exact) mass is 355 g/mol. The van der Waals surface area contributed by atoms with Crippen molar-refractivity contribution in [2.45, 2.75) is 19.0 Å². The zero-order valence-corrected chi connectivity index (χ0v) is 15.3. The van der Waals surface area contributed by atoms with Crippen molar-refractivity contribution in [2.24, 2.45) is 7.05 Å². The number of imidazole rings is 1. The number of morpholine rings is 1. The molecule has 0 saturated carbocycles. The number of aryl methyl sites for hydroxylation is 3. The number of hydrogen-bond donors (Lipinski definition) is 0. The highest BCUT2D eigenvalue weighted by molar-refractivity contribution is 7.99. The second-order valence-corrected chi connectivity index (χ2v) is 6.72. The van der Waals surface area contributed by atoms with Crippen molar-refractivity contribution in [2.75, 3.05) is 32.1 Å². The largest absolute Gasteiger partial charge is 0.370 e. The Morgan fingerprint density at radius 3 is 2.78 bits per heavy atom. The molecule has 1 aliphatic rings. The van der Waals surface area contributed by atoms with Crippen LogP contribution in [0.25, 0.3) is 11.0 Å². The van der Waals surface area contributed by atoms with Gasteiger partial charge in [0.1, 0.15) is 6.61 Å². The minimum absolute atomic E-state index is 0. The molecule has 1 aromatic carbocycles. The molecule has 0 spiro atoms. The van der Waals surface area contributed by atoms with Crippen LogP contribution in [0.15, 0.2) is 17.3 Å². The standard InChI is InChI=1S/C16H21N3O2S.ClH/c1-11-8-13-14(9-12(11)2)18(3)16(17-13)22-7-5-19-4-6-21-10-15(19)20;/h8-9H,4-7,10H2,1-3H3;1H. The third kappa shape index (κ3) is 3.82. The lowest BCUT2D eigenvalue weighted by atomic mass is 10.1. The van der Waals surface area contributed by atoms with Gasteiger partial charge in [0.25, 0.3) is 0 Å². The topological polar surface area (TPSA) is 47.4 Å². The Kier molecular flexibility index (Phi) is 5.95. The SMILES string of the molecule is Cc1cc2nc(SCCN3CCOCC3=O)n(C)c2cc1C.Cl. The van der Waals surface area contributed by atoms with Crippen LogP contribution in [0.4, 0.5) is 0 Å². The van der Waals surface area contributed by atoms with Gasteiger partial charge in [-0.05, 0) is 37.1 Å². The molecule has 0 aliphatic carbocycles. The minimum atomic E-state index is 0. The van der Waals surface area contributed by atoms with Gasteiger partial charge in [-0.3, -0.25) is 4.79 Å².